The zero-order valence-corrected chi connectivity index (χ0v) is 15.6. The van der Waals surface area contributed by atoms with Gasteiger partial charge < -0.3 is 9.47 Å². The Bertz CT molecular complexity index is 928. The molecule has 8 heteroatoms. The van der Waals surface area contributed by atoms with E-state index in [1.165, 1.54) is 11.8 Å². The van der Waals surface area contributed by atoms with Gasteiger partial charge in [0.1, 0.15) is 11.0 Å². The fourth-order valence-corrected chi connectivity index (χ4v) is 3.85. The molecule has 1 aromatic carbocycles. The highest BCUT2D eigenvalue weighted by Gasteiger charge is 2.30. The lowest BCUT2D eigenvalue weighted by Gasteiger charge is -2.12. The third kappa shape index (κ3) is 3.66. The van der Waals surface area contributed by atoms with Crippen LogP contribution < -0.4 is 4.74 Å². The normalized spacial score (nSPS) is 16.3. The molecule has 3 heterocycles. The molecule has 27 heavy (non-hydrogen) atoms. The molecule has 2 aromatic heterocycles. The number of carbonyl (C=O) groups excluding carboxylic acids is 1. The van der Waals surface area contributed by atoms with Crippen LogP contribution in [0, 0.1) is 0 Å². The molecule has 0 unspecified atom stereocenters. The Hall–Kier alpha value is -2.87. The van der Waals surface area contributed by atoms with Gasteiger partial charge in [0.2, 0.25) is 0 Å². The number of hydrogen-bond acceptors (Lipinski definition) is 7. The summed E-state index contributed by atoms with van der Waals surface area (Å²) < 4.78 is 12.6. The molecule has 1 atom stereocenters. The Morgan fingerprint density at radius 1 is 1.19 bits per heavy atom. The van der Waals surface area contributed by atoms with Crippen LogP contribution in [0.25, 0.3) is 17.1 Å². The van der Waals surface area contributed by atoms with Gasteiger partial charge in [-0.15, -0.1) is 10.2 Å². The number of hydrogen-bond donors (Lipinski definition) is 0. The van der Waals surface area contributed by atoms with Gasteiger partial charge in [-0.3, -0.25) is 14.3 Å². The molecule has 0 amide bonds. The van der Waals surface area contributed by atoms with Gasteiger partial charge in [0, 0.05) is 30.1 Å². The average molecular weight is 382 g/mol. The number of benzene rings is 1. The van der Waals surface area contributed by atoms with Crippen LogP contribution in [-0.4, -0.2) is 44.2 Å². The Balaban J connectivity index is 1.75. The number of thioether (sulfide) groups is 1. The number of cyclic esters (lactones) is 1. The second-order valence-corrected chi connectivity index (χ2v) is 7.04. The molecule has 4 rings (SSSR count). The van der Waals surface area contributed by atoms with Crippen LogP contribution in [0.1, 0.15) is 13.3 Å². The van der Waals surface area contributed by atoms with Crippen molar-refractivity contribution >= 4 is 17.7 Å². The molecule has 0 bridgehead atoms. The van der Waals surface area contributed by atoms with Crippen LogP contribution in [0.5, 0.6) is 5.75 Å². The maximum atomic E-state index is 11.9. The van der Waals surface area contributed by atoms with Crippen molar-refractivity contribution in [1.29, 1.82) is 0 Å². The first-order valence-electron chi connectivity index (χ1n) is 8.68. The van der Waals surface area contributed by atoms with E-state index in [0.717, 1.165) is 17.0 Å². The fourth-order valence-electron chi connectivity index (χ4n) is 2.84. The van der Waals surface area contributed by atoms with Crippen molar-refractivity contribution < 1.29 is 14.3 Å². The standard InChI is InChI=1S/C19H18N4O3S/c1-2-25-15-5-3-14(4-6-15)23-17(13-7-10-20-11-8-13)21-22-19(23)27-16-9-12-26-18(16)24/h3-8,10-11,16H,2,9,12H2,1H3/t16-/m0/s1. The topological polar surface area (TPSA) is 79.1 Å². The SMILES string of the molecule is CCOc1ccc(-n2c(S[C@H]3CCOC3=O)nnc2-c2ccncc2)cc1. The van der Waals surface area contributed by atoms with Crippen LogP contribution in [0.2, 0.25) is 0 Å². The third-order valence-corrected chi connectivity index (χ3v) is 5.30. The summed E-state index contributed by atoms with van der Waals surface area (Å²) in [6, 6.07) is 11.5. The second kappa shape index (κ2) is 7.79. The number of pyridine rings is 1. The average Bonchev–Trinajstić information content (AvgIpc) is 3.30. The Kier molecular flexibility index (Phi) is 5.06. The summed E-state index contributed by atoms with van der Waals surface area (Å²) in [5, 5.41) is 9.10. The molecule has 138 valence electrons. The molecule has 0 radical (unpaired) electrons. The van der Waals surface area contributed by atoms with Crippen LogP contribution in [0.4, 0.5) is 0 Å². The highest BCUT2D eigenvalue weighted by molar-refractivity contribution is 8.00. The minimum Gasteiger partial charge on any atom is -0.494 e. The van der Waals surface area contributed by atoms with Crippen LogP contribution in [-0.2, 0) is 9.53 Å². The predicted molar refractivity (Wildman–Crippen MR) is 101 cm³/mol. The molecule has 1 saturated heterocycles. The van der Waals surface area contributed by atoms with Gasteiger partial charge in [0.25, 0.3) is 0 Å². The summed E-state index contributed by atoms with van der Waals surface area (Å²) in [5.41, 5.74) is 1.79. The molecule has 0 N–H and O–H groups in total. The molecular formula is C19H18N4O3S. The first-order chi connectivity index (χ1) is 13.3. The monoisotopic (exact) mass is 382 g/mol. The van der Waals surface area contributed by atoms with E-state index in [2.05, 4.69) is 15.2 Å². The highest BCUT2D eigenvalue weighted by atomic mass is 32.2. The van der Waals surface area contributed by atoms with Crippen LogP contribution in [0.3, 0.4) is 0 Å². The van der Waals surface area contributed by atoms with E-state index < -0.39 is 0 Å². The first kappa shape index (κ1) is 17.5. The lowest BCUT2D eigenvalue weighted by molar-refractivity contribution is -0.137. The summed E-state index contributed by atoms with van der Waals surface area (Å²) in [4.78, 5) is 16.0. The van der Waals surface area contributed by atoms with Crippen molar-refractivity contribution in [3.05, 3.63) is 48.8 Å². The van der Waals surface area contributed by atoms with E-state index in [1.807, 2.05) is 47.9 Å². The Labute approximate surface area is 160 Å². The molecule has 3 aromatic rings. The Morgan fingerprint density at radius 3 is 2.63 bits per heavy atom. The Morgan fingerprint density at radius 2 is 1.96 bits per heavy atom. The van der Waals surface area contributed by atoms with Gasteiger partial charge in [-0.05, 0) is 43.3 Å². The second-order valence-electron chi connectivity index (χ2n) is 5.87. The lowest BCUT2D eigenvalue weighted by Crippen LogP contribution is -2.11. The molecule has 0 spiro atoms. The van der Waals surface area contributed by atoms with Gasteiger partial charge in [0.05, 0.1) is 13.2 Å². The molecule has 7 nitrogen and oxygen atoms in total. The van der Waals surface area contributed by atoms with Crippen molar-refractivity contribution in [3.63, 3.8) is 0 Å². The molecule has 0 saturated carbocycles. The fraction of sp³-hybridized carbons (Fsp3) is 0.263. The van der Waals surface area contributed by atoms with E-state index in [9.17, 15) is 4.79 Å². The van der Waals surface area contributed by atoms with Crippen molar-refractivity contribution in [3.8, 4) is 22.8 Å². The molecule has 1 aliphatic heterocycles. The van der Waals surface area contributed by atoms with E-state index in [1.54, 1.807) is 12.4 Å². The van der Waals surface area contributed by atoms with E-state index in [-0.39, 0.29) is 11.2 Å². The first-order valence-corrected chi connectivity index (χ1v) is 9.56. The molecular weight excluding hydrogens is 364 g/mol. The number of ether oxygens (including phenoxy) is 2. The molecule has 0 aliphatic carbocycles. The van der Waals surface area contributed by atoms with Gasteiger partial charge >= 0.3 is 5.97 Å². The summed E-state index contributed by atoms with van der Waals surface area (Å²) in [6.07, 6.45) is 4.10. The summed E-state index contributed by atoms with van der Waals surface area (Å²) in [6.45, 7) is 3.01. The van der Waals surface area contributed by atoms with Gasteiger partial charge in [-0.1, -0.05) is 11.8 Å². The summed E-state index contributed by atoms with van der Waals surface area (Å²) >= 11 is 1.38. The van der Waals surface area contributed by atoms with Crippen LogP contribution in [0.15, 0.2) is 53.9 Å². The largest absolute Gasteiger partial charge is 0.494 e. The van der Waals surface area contributed by atoms with Crippen molar-refractivity contribution in [1.82, 2.24) is 19.7 Å². The van der Waals surface area contributed by atoms with Crippen LogP contribution >= 0.6 is 11.8 Å². The number of aromatic nitrogens is 4. The maximum absolute atomic E-state index is 11.9. The van der Waals surface area contributed by atoms with E-state index in [0.29, 0.717) is 30.6 Å². The van der Waals surface area contributed by atoms with Crippen molar-refractivity contribution in [2.45, 2.75) is 23.8 Å². The minimum atomic E-state index is -0.263. The molecule has 1 fully saturated rings. The maximum Gasteiger partial charge on any atom is 0.319 e. The number of rotatable bonds is 6. The smallest absolute Gasteiger partial charge is 0.319 e. The number of nitrogens with zero attached hydrogens (tertiary/aromatic N) is 4. The summed E-state index contributed by atoms with van der Waals surface area (Å²) in [5.74, 6) is 1.29. The van der Waals surface area contributed by atoms with Gasteiger partial charge in [0.15, 0.2) is 11.0 Å². The van der Waals surface area contributed by atoms with Gasteiger partial charge in [-0.2, -0.15) is 0 Å². The zero-order valence-electron chi connectivity index (χ0n) is 14.7. The summed E-state index contributed by atoms with van der Waals surface area (Å²) in [7, 11) is 0. The predicted octanol–water partition coefficient (Wildman–Crippen LogP) is 3.14. The third-order valence-electron chi connectivity index (χ3n) is 4.11. The zero-order chi connectivity index (χ0) is 18.6. The quantitative estimate of drug-likeness (QED) is 0.606. The minimum absolute atomic E-state index is 0.202. The highest BCUT2D eigenvalue weighted by Crippen LogP contribution is 2.33. The molecule has 1 aliphatic rings. The number of carbonyl (C=O) groups is 1. The van der Waals surface area contributed by atoms with E-state index >= 15 is 0 Å². The van der Waals surface area contributed by atoms with E-state index in [4.69, 9.17) is 9.47 Å². The van der Waals surface area contributed by atoms with Crippen molar-refractivity contribution in [2.24, 2.45) is 0 Å². The lowest BCUT2D eigenvalue weighted by atomic mass is 10.2. The van der Waals surface area contributed by atoms with Gasteiger partial charge in [-0.25, -0.2) is 0 Å². The number of esters is 1. The van der Waals surface area contributed by atoms with Crippen molar-refractivity contribution in [2.75, 3.05) is 13.2 Å².